The number of benzene rings is 1. The predicted octanol–water partition coefficient (Wildman–Crippen LogP) is 6.80. The highest BCUT2D eigenvalue weighted by Crippen LogP contribution is 2.42. The highest BCUT2D eigenvalue weighted by atomic mass is 79.9. The number of carbonyl (C=O) groups is 2. The maximum atomic E-state index is 13.3. The smallest absolute Gasteiger partial charge is 0.424 e. The molecule has 0 saturated carbocycles. The monoisotopic (exact) mass is 473 g/mol. The van der Waals surface area contributed by atoms with Gasteiger partial charge in [0.25, 0.3) is 0 Å². The van der Waals surface area contributed by atoms with E-state index in [-0.39, 0.29) is 4.47 Å². The van der Waals surface area contributed by atoms with Crippen LogP contribution in [-0.4, -0.2) is 23.4 Å². The van der Waals surface area contributed by atoms with Gasteiger partial charge in [0, 0.05) is 4.47 Å². The van der Waals surface area contributed by atoms with E-state index < -0.39 is 45.8 Å². The minimum absolute atomic E-state index is 0.0358. The Morgan fingerprint density at radius 2 is 1.37 bits per heavy atom. The van der Waals surface area contributed by atoms with Gasteiger partial charge < -0.3 is 9.47 Å². The molecule has 10 heteroatoms. The zero-order valence-electron chi connectivity index (χ0n) is 15.6. The number of halogens is 5. The van der Waals surface area contributed by atoms with Crippen molar-refractivity contribution in [2.75, 3.05) is 4.90 Å². The molecule has 0 bridgehead atoms. The summed E-state index contributed by atoms with van der Waals surface area (Å²) in [7, 11) is 0. The van der Waals surface area contributed by atoms with Crippen LogP contribution < -0.4 is 4.90 Å². The van der Waals surface area contributed by atoms with Gasteiger partial charge in [0.1, 0.15) is 11.2 Å². The van der Waals surface area contributed by atoms with Crippen molar-refractivity contribution in [3.05, 3.63) is 27.2 Å². The summed E-state index contributed by atoms with van der Waals surface area (Å²) in [4.78, 5) is 25.5. The van der Waals surface area contributed by atoms with Crippen molar-refractivity contribution in [3.8, 4) is 0 Å². The van der Waals surface area contributed by atoms with E-state index in [2.05, 4.69) is 15.9 Å². The van der Waals surface area contributed by atoms with E-state index in [1.165, 1.54) is 0 Å². The van der Waals surface area contributed by atoms with Crippen LogP contribution in [-0.2, 0) is 15.7 Å². The SMILES string of the molecule is CC(C)(C)OC(=O)N(C(=O)OC(C)(C)C)c1cc(Br)cc(C(F)(F)F)c1Cl. The number of imide groups is 1. The molecule has 0 spiro atoms. The van der Waals surface area contributed by atoms with E-state index in [0.717, 1.165) is 12.1 Å². The van der Waals surface area contributed by atoms with Crippen molar-refractivity contribution >= 4 is 45.4 Å². The van der Waals surface area contributed by atoms with E-state index in [9.17, 15) is 22.8 Å². The summed E-state index contributed by atoms with van der Waals surface area (Å²) >= 11 is 8.83. The lowest BCUT2D eigenvalue weighted by Gasteiger charge is -2.29. The Bertz CT molecular complexity index is 711. The summed E-state index contributed by atoms with van der Waals surface area (Å²) in [5.74, 6) is 0. The molecule has 27 heavy (non-hydrogen) atoms. The van der Waals surface area contributed by atoms with Crippen molar-refractivity contribution in [1.82, 2.24) is 0 Å². The number of carbonyl (C=O) groups excluding carboxylic acids is 2. The van der Waals surface area contributed by atoms with Gasteiger partial charge in [-0.2, -0.15) is 18.1 Å². The van der Waals surface area contributed by atoms with Gasteiger partial charge in [-0.25, -0.2) is 9.59 Å². The lowest BCUT2D eigenvalue weighted by atomic mass is 10.1. The van der Waals surface area contributed by atoms with E-state index in [1.54, 1.807) is 41.5 Å². The van der Waals surface area contributed by atoms with Crippen LogP contribution in [0.15, 0.2) is 16.6 Å². The standard InChI is InChI=1S/C17H20BrClF3NO4/c1-15(2,3)26-13(24)23(14(25)27-16(4,5)6)11-8-9(18)7-10(12(11)19)17(20,21)22/h7-8H,1-6H3. The molecule has 0 heterocycles. The third-order valence-electron chi connectivity index (χ3n) is 2.72. The number of hydrogen-bond acceptors (Lipinski definition) is 4. The second-order valence-corrected chi connectivity index (χ2v) is 8.87. The van der Waals surface area contributed by atoms with Crippen LogP contribution >= 0.6 is 27.5 Å². The van der Waals surface area contributed by atoms with Crippen LogP contribution in [0.1, 0.15) is 47.1 Å². The number of anilines is 1. The first-order valence-corrected chi connectivity index (χ1v) is 8.92. The Hall–Kier alpha value is -1.48. The number of ether oxygens (including phenoxy) is 2. The van der Waals surface area contributed by atoms with E-state index in [4.69, 9.17) is 21.1 Å². The van der Waals surface area contributed by atoms with Crippen LogP contribution in [0, 0.1) is 0 Å². The number of rotatable bonds is 1. The molecule has 5 nitrogen and oxygen atoms in total. The summed E-state index contributed by atoms with van der Waals surface area (Å²) in [5.41, 5.74) is -3.75. The van der Waals surface area contributed by atoms with Crippen LogP contribution in [0.2, 0.25) is 5.02 Å². The van der Waals surface area contributed by atoms with Crippen molar-refractivity contribution in [2.24, 2.45) is 0 Å². The Balaban J connectivity index is 3.58. The quantitative estimate of drug-likeness (QED) is 0.449. The summed E-state index contributed by atoms with van der Waals surface area (Å²) in [5, 5.41) is -0.831. The average Bonchev–Trinajstić information content (AvgIpc) is 2.36. The first-order valence-electron chi connectivity index (χ1n) is 7.75. The topological polar surface area (TPSA) is 55.8 Å². The van der Waals surface area contributed by atoms with Gasteiger partial charge >= 0.3 is 18.4 Å². The minimum Gasteiger partial charge on any atom is -0.443 e. The van der Waals surface area contributed by atoms with E-state index >= 15 is 0 Å². The van der Waals surface area contributed by atoms with Gasteiger partial charge in [-0.05, 0) is 53.7 Å². The third-order valence-corrected chi connectivity index (χ3v) is 3.57. The van der Waals surface area contributed by atoms with Crippen molar-refractivity contribution < 1.29 is 32.2 Å². The Morgan fingerprint density at radius 1 is 0.963 bits per heavy atom. The van der Waals surface area contributed by atoms with Gasteiger partial charge in [0.05, 0.1) is 16.3 Å². The Morgan fingerprint density at radius 3 is 1.70 bits per heavy atom. The normalized spacial score (nSPS) is 12.6. The molecule has 1 rings (SSSR count). The highest BCUT2D eigenvalue weighted by molar-refractivity contribution is 9.10. The summed E-state index contributed by atoms with van der Waals surface area (Å²) in [6.07, 6.45) is -7.24. The van der Waals surface area contributed by atoms with Gasteiger partial charge in [0.2, 0.25) is 0 Å². The molecule has 0 unspecified atom stereocenters. The van der Waals surface area contributed by atoms with Gasteiger partial charge in [0.15, 0.2) is 0 Å². The maximum Gasteiger partial charge on any atom is 0.424 e. The molecule has 0 saturated heterocycles. The molecule has 0 fully saturated rings. The van der Waals surface area contributed by atoms with E-state index in [0.29, 0.717) is 4.90 Å². The van der Waals surface area contributed by atoms with E-state index in [1.807, 2.05) is 0 Å². The minimum atomic E-state index is -4.80. The molecule has 152 valence electrons. The molecule has 0 N–H and O–H groups in total. The number of amides is 2. The maximum absolute atomic E-state index is 13.3. The molecule has 0 aliphatic heterocycles. The van der Waals surface area contributed by atoms with Crippen LogP contribution in [0.3, 0.4) is 0 Å². The lowest BCUT2D eigenvalue weighted by molar-refractivity contribution is -0.137. The predicted molar refractivity (Wildman–Crippen MR) is 99.1 cm³/mol. The fourth-order valence-electron chi connectivity index (χ4n) is 1.83. The summed E-state index contributed by atoms with van der Waals surface area (Å²) < 4.78 is 50.0. The largest absolute Gasteiger partial charge is 0.443 e. The van der Waals surface area contributed by atoms with Crippen LogP contribution in [0.25, 0.3) is 0 Å². The number of alkyl halides is 3. The fourth-order valence-corrected chi connectivity index (χ4v) is 2.58. The van der Waals surface area contributed by atoms with Crippen molar-refractivity contribution in [2.45, 2.75) is 58.9 Å². The van der Waals surface area contributed by atoms with Gasteiger partial charge in [-0.3, -0.25) is 0 Å². The molecule has 0 aliphatic carbocycles. The number of hydrogen-bond donors (Lipinski definition) is 0. The Kier molecular flexibility index (Phi) is 6.87. The van der Waals surface area contributed by atoms with Gasteiger partial charge in [-0.1, -0.05) is 27.5 Å². The lowest BCUT2D eigenvalue weighted by Crippen LogP contribution is -2.44. The molecule has 2 amide bonds. The fraction of sp³-hybridized carbons (Fsp3) is 0.529. The molecular weight excluding hydrogens is 455 g/mol. The molecule has 0 atom stereocenters. The summed E-state index contributed by atoms with van der Waals surface area (Å²) in [6, 6.07) is 1.85. The molecule has 0 aromatic heterocycles. The average molecular weight is 475 g/mol. The van der Waals surface area contributed by atoms with Crippen molar-refractivity contribution in [1.29, 1.82) is 0 Å². The highest BCUT2D eigenvalue weighted by Gasteiger charge is 2.39. The first kappa shape index (κ1) is 23.6. The molecular formula is C17H20BrClF3NO4. The second-order valence-electron chi connectivity index (χ2n) is 7.58. The van der Waals surface area contributed by atoms with Crippen molar-refractivity contribution in [3.63, 3.8) is 0 Å². The molecule has 0 aliphatic rings. The molecule has 1 aromatic rings. The zero-order chi connectivity index (χ0) is 21.4. The second kappa shape index (κ2) is 7.87. The van der Waals surface area contributed by atoms with Gasteiger partial charge in [-0.15, -0.1) is 0 Å². The first-order chi connectivity index (χ1) is 11.9. The zero-order valence-corrected chi connectivity index (χ0v) is 18.0. The molecule has 1 aromatic carbocycles. The van der Waals surface area contributed by atoms with Crippen LogP contribution in [0.4, 0.5) is 28.4 Å². The third kappa shape index (κ3) is 6.88. The Labute approximate surface area is 168 Å². The van der Waals surface area contributed by atoms with Crippen LogP contribution in [0.5, 0.6) is 0 Å². The molecule has 0 radical (unpaired) electrons. The summed E-state index contributed by atoms with van der Waals surface area (Å²) in [6.45, 7) is 9.26. The number of nitrogens with zero attached hydrogens (tertiary/aromatic N) is 1.